The van der Waals surface area contributed by atoms with E-state index in [1.165, 1.54) is 4.31 Å². The topological polar surface area (TPSA) is 74.7 Å². The van der Waals surface area contributed by atoms with Gasteiger partial charge in [-0.1, -0.05) is 29.8 Å². The van der Waals surface area contributed by atoms with Crippen LogP contribution in [0.25, 0.3) is 10.1 Å². The van der Waals surface area contributed by atoms with Crippen LogP contribution in [-0.4, -0.2) is 36.4 Å². The molecule has 2 atom stereocenters. The highest BCUT2D eigenvalue weighted by Crippen LogP contribution is 2.41. The zero-order valence-electron chi connectivity index (χ0n) is 12.4. The van der Waals surface area contributed by atoms with E-state index in [1.807, 2.05) is 12.1 Å². The van der Waals surface area contributed by atoms with Crippen LogP contribution in [0.4, 0.5) is 0 Å². The van der Waals surface area contributed by atoms with Crippen LogP contribution in [0.3, 0.4) is 0 Å². The Hall–Kier alpha value is -1.15. The summed E-state index contributed by atoms with van der Waals surface area (Å²) < 4.78 is 28.2. The molecule has 0 amide bonds. The summed E-state index contributed by atoms with van der Waals surface area (Å²) in [6, 6.07) is 6.65. The molecule has 1 saturated heterocycles. The second-order valence-electron chi connectivity index (χ2n) is 5.64. The average Bonchev–Trinajstić information content (AvgIpc) is 2.85. The Morgan fingerprint density at radius 3 is 2.74 bits per heavy atom. The number of rotatable bonds is 3. The van der Waals surface area contributed by atoms with E-state index in [0.717, 1.165) is 16.0 Å². The van der Waals surface area contributed by atoms with Crippen molar-refractivity contribution in [3.8, 4) is 0 Å². The zero-order valence-corrected chi connectivity index (χ0v) is 14.8. The molecule has 1 aromatic carbocycles. The summed E-state index contributed by atoms with van der Waals surface area (Å²) in [5.74, 6) is -1.65. The third-order valence-corrected chi connectivity index (χ3v) is 8.57. The number of carboxylic acid groups (broad SMARTS) is 1. The maximum atomic E-state index is 13.0. The molecule has 0 spiro atoms. The minimum Gasteiger partial charge on any atom is -0.481 e. The minimum atomic E-state index is -3.81. The lowest BCUT2D eigenvalue weighted by molar-refractivity contribution is -0.144. The lowest BCUT2D eigenvalue weighted by atomic mass is 9.92. The first-order valence-corrected chi connectivity index (χ1v) is 9.89. The minimum absolute atomic E-state index is 0.0956. The first-order chi connectivity index (χ1) is 10.8. The Kier molecular flexibility index (Phi) is 4.39. The van der Waals surface area contributed by atoms with Crippen LogP contribution >= 0.6 is 22.9 Å². The first-order valence-electron chi connectivity index (χ1n) is 7.25. The van der Waals surface area contributed by atoms with Gasteiger partial charge in [-0.3, -0.25) is 4.79 Å². The molecule has 1 aromatic heterocycles. The van der Waals surface area contributed by atoms with Crippen molar-refractivity contribution in [3.05, 3.63) is 29.3 Å². The lowest BCUT2D eigenvalue weighted by Gasteiger charge is -2.36. The number of nitrogens with zero attached hydrogens (tertiary/aromatic N) is 1. The molecule has 0 saturated carbocycles. The van der Waals surface area contributed by atoms with Crippen molar-refractivity contribution < 1.29 is 18.3 Å². The van der Waals surface area contributed by atoms with Gasteiger partial charge in [-0.25, -0.2) is 8.42 Å². The third-order valence-electron chi connectivity index (χ3n) is 4.30. The number of sulfonamides is 1. The molecule has 23 heavy (non-hydrogen) atoms. The number of benzene rings is 1. The number of halogens is 1. The van der Waals surface area contributed by atoms with Crippen molar-refractivity contribution in [1.82, 2.24) is 4.31 Å². The second kappa shape index (κ2) is 6.05. The Labute approximate surface area is 143 Å². The van der Waals surface area contributed by atoms with Crippen LogP contribution in [0.15, 0.2) is 28.5 Å². The number of hydrogen-bond acceptors (Lipinski definition) is 4. The highest BCUT2D eigenvalue weighted by molar-refractivity contribution is 7.91. The summed E-state index contributed by atoms with van der Waals surface area (Å²) in [5.41, 5.74) is 0. The summed E-state index contributed by atoms with van der Waals surface area (Å²) >= 11 is 7.42. The van der Waals surface area contributed by atoms with E-state index in [9.17, 15) is 18.3 Å². The van der Waals surface area contributed by atoms with Crippen LogP contribution in [0.1, 0.15) is 19.8 Å². The predicted octanol–water partition coefficient (Wildman–Crippen LogP) is 3.43. The normalized spacial score (nSPS) is 23.2. The van der Waals surface area contributed by atoms with E-state index in [1.54, 1.807) is 19.1 Å². The Morgan fingerprint density at radius 1 is 1.39 bits per heavy atom. The number of thiophene rings is 1. The summed E-state index contributed by atoms with van der Waals surface area (Å²) in [7, 11) is -3.81. The van der Waals surface area contributed by atoms with Gasteiger partial charge in [-0.2, -0.15) is 4.31 Å². The number of carbonyl (C=O) groups is 1. The number of piperidine rings is 1. The van der Waals surface area contributed by atoms with Crippen molar-refractivity contribution in [2.75, 3.05) is 6.54 Å². The smallest absolute Gasteiger partial charge is 0.308 e. The molecule has 0 radical (unpaired) electrons. The Morgan fingerprint density at radius 2 is 2.09 bits per heavy atom. The molecule has 0 aliphatic carbocycles. The van der Waals surface area contributed by atoms with Crippen LogP contribution in [0.2, 0.25) is 5.02 Å². The fourth-order valence-corrected chi connectivity index (χ4v) is 6.98. The zero-order chi connectivity index (χ0) is 16.8. The number of hydrogen-bond donors (Lipinski definition) is 1. The summed E-state index contributed by atoms with van der Waals surface area (Å²) in [6.07, 6.45) is 1.02. The monoisotopic (exact) mass is 373 g/mol. The summed E-state index contributed by atoms with van der Waals surface area (Å²) in [5, 5.41) is 10.2. The molecular weight excluding hydrogens is 358 g/mol. The van der Waals surface area contributed by atoms with Crippen LogP contribution < -0.4 is 0 Å². The molecule has 2 heterocycles. The van der Waals surface area contributed by atoms with Gasteiger partial charge in [0.2, 0.25) is 0 Å². The Balaban J connectivity index is 2.06. The summed E-state index contributed by atoms with van der Waals surface area (Å²) in [6.45, 7) is 1.97. The van der Waals surface area contributed by atoms with Gasteiger partial charge in [0.1, 0.15) is 0 Å². The van der Waals surface area contributed by atoms with Gasteiger partial charge >= 0.3 is 5.97 Å². The molecule has 3 rings (SSSR count). The maximum absolute atomic E-state index is 13.0. The quantitative estimate of drug-likeness (QED) is 0.894. The fraction of sp³-hybridized carbons (Fsp3) is 0.400. The van der Waals surface area contributed by atoms with Crippen molar-refractivity contribution in [3.63, 3.8) is 0 Å². The SMILES string of the molecule is C[C@@H]1[C@H](C(=O)O)CCCN1S(=O)(=O)c1sc2ccccc2c1Cl. The number of carboxylic acids is 1. The highest BCUT2D eigenvalue weighted by Gasteiger charge is 2.41. The van der Waals surface area contributed by atoms with Crippen molar-refractivity contribution in [2.45, 2.75) is 30.0 Å². The van der Waals surface area contributed by atoms with Crippen molar-refractivity contribution >= 4 is 49.0 Å². The van der Waals surface area contributed by atoms with E-state index in [2.05, 4.69) is 0 Å². The van der Waals surface area contributed by atoms with E-state index in [-0.39, 0.29) is 9.23 Å². The molecule has 1 fully saturated rings. The van der Waals surface area contributed by atoms with E-state index >= 15 is 0 Å². The molecule has 124 valence electrons. The Bertz CT molecular complexity index is 861. The van der Waals surface area contributed by atoms with E-state index < -0.39 is 28.0 Å². The summed E-state index contributed by atoms with van der Waals surface area (Å²) in [4.78, 5) is 11.3. The largest absolute Gasteiger partial charge is 0.481 e. The van der Waals surface area contributed by atoms with Gasteiger partial charge in [-0.05, 0) is 25.8 Å². The van der Waals surface area contributed by atoms with Crippen LogP contribution in [0, 0.1) is 5.92 Å². The molecule has 0 bridgehead atoms. The molecule has 2 aromatic rings. The van der Waals surface area contributed by atoms with Crippen molar-refractivity contribution in [1.29, 1.82) is 0 Å². The maximum Gasteiger partial charge on any atom is 0.308 e. The van der Waals surface area contributed by atoms with Crippen molar-refractivity contribution in [2.24, 2.45) is 5.92 Å². The molecule has 1 aliphatic rings. The molecular formula is C15H16ClNO4S2. The molecule has 5 nitrogen and oxygen atoms in total. The van der Waals surface area contributed by atoms with Gasteiger partial charge in [0.15, 0.2) is 4.21 Å². The van der Waals surface area contributed by atoms with Gasteiger partial charge < -0.3 is 5.11 Å². The molecule has 0 unspecified atom stereocenters. The number of fused-ring (bicyclic) bond motifs is 1. The van der Waals surface area contributed by atoms with Gasteiger partial charge in [0, 0.05) is 22.7 Å². The van der Waals surface area contributed by atoms with E-state index in [0.29, 0.717) is 24.8 Å². The fourth-order valence-electron chi connectivity index (χ4n) is 3.05. The second-order valence-corrected chi connectivity index (χ2v) is 9.16. The lowest BCUT2D eigenvalue weighted by Crippen LogP contribution is -2.48. The third kappa shape index (κ3) is 2.76. The van der Waals surface area contributed by atoms with Crippen LogP contribution in [0.5, 0.6) is 0 Å². The molecule has 8 heteroatoms. The van der Waals surface area contributed by atoms with E-state index in [4.69, 9.17) is 11.6 Å². The molecule has 1 N–H and O–H groups in total. The highest BCUT2D eigenvalue weighted by atomic mass is 35.5. The van der Waals surface area contributed by atoms with Gasteiger partial charge in [-0.15, -0.1) is 11.3 Å². The predicted molar refractivity (Wildman–Crippen MR) is 90.5 cm³/mol. The van der Waals surface area contributed by atoms with Gasteiger partial charge in [0.25, 0.3) is 10.0 Å². The average molecular weight is 374 g/mol. The van der Waals surface area contributed by atoms with Gasteiger partial charge in [0.05, 0.1) is 10.9 Å². The first kappa shape index (κ1) is 16.7. The number of aliphatic carboxylic acids is 1. The van der Waals surface area contributed by atoms with Crippen LogP contribution in [-0.2, 0) is 14.8 Å². The standard InChI is InChI=1S/C15H16ClNO4S2/c1-9-10(14(18)19)6-4-8-17(9)23(20,21)15-13(16)11-5-2-3-7-12(11)22-15/h2-3,5,7,9-10H,4,6,8H2,1H3,(H,18,19)/t9-,10-/m1/s1. The molecule has 1 aliphatic heterocycles.